The highest BCUT2D eigenvalue weighted by atomic mass is 32.1. The molecule has 0 spiro atoms. The Morgan fingerprint density at radius 1 is 1.48 bits per heavy atom. The molecule has 1 aliphatic rings. The molecule has 0 aliphatic carbocycles. The molecule has 2 N–H and O–H groups in total. The highest BCUT2D eigenvalue weighted by molar-refractivity contribution is 7.09. The summed E-state index contributed by atoms with van der Waals surface area (Å²) in [5, 5.41) is 8.04. The fourth-order valence-corrected chi connectivity index (χ4v) is 3.48. The van der Waals surface area contributed by atoms with Gasteiger partial charge in [-0.2, -0.15) is 13.2 Å². The van der Waals surface area contributed by atoms with E-state index >= 15 is 0 Å². The number of piperidine rings is 1. The molecule has 0 aromatic carbocycles. The molecule has 1 aromatic rings. The van der Waals surface area contributed by atoms with E-state index in [1.807, 2.05) is 6.08 Å². The highest BCUT2D eigenvalue weighted by Crippen LogP contribution is 2.29. The van der Waals surface area contributed by atoms with Crippen molar-refractivity contribution in [1.82, 2.24) is 20.5 Å². The molecule has 0 amide bonds. The second-order valence-corrected chi connectivity index (χ2v) is 6.82. The number of guanidine groups is 1. The number of hydrogen-bond donors (Lipinski definition) is 2. The summed E-state index contributed by atoms with van der Waals surface area (Å²) < 4.78 is 37.6. The first-order valence-electron chi connectivity index (χ1n) is 8.24. The van der Waals surface area contributed by atoms with Gasteiger partial charge in [0.1, 0.15) is 0 Å². The van der Waals surface area contributed by atoms with Crippen LogP contribution in [0.2, 0.25) is 0 Å². The summed E-state index contributed by atoms with van der Waals surface area (Å²) in [6, 6.07) is 0.351. The van der Waals surface area contributed by atoms with Crippen LogP contribution in [-0.4, -0.2) is 55.1 Å². The molecule has 1 fully saturated rings. The van der Waals surface area contributed by atoms with Crippen molar-refractivity contribution in [2.75, 3.05) is 33.2 Å². The first-order chi connectivity index (χ1) is 11.9. The van der Waals surface area contributed by atoms with Gasteiger partial charge in [-0.25, -0.2) is 4.98 Å². The third-order valence-electron chi connectivity index (χ3n) is 4.01. The Kier molecular flexibility index (Phi) is 7.24. The number of hydrogen-bond acceptors (Lipinski definition) is 4. The predicted octanol–water partition coefficient (Wildman–Crippen LogP) is 2.52. The van der Waals surface area contributed by atoms with Crippen LogP contribution in [0.15, 0.2) is 23.0 Å². The molecule has 0 radical (unpaired) electrons. The van der Waals surface area contributed by atoms with E-state index in [2.05, 4.69) is 32.1 Å². The van der Waals surface area contributed by atoms with Gasteiger partial charge in [-0.3, -0.25) is 9.89 Å². The van der Waals surface area contributed by atoms with Crippen molar-refractivity contribution in [3.05, 3.63) is 28.7 Å². The fourth-order valence-electron chi connectivity index (χ4n) is 2.67. The number of likely N-dealkylation sites (tertiary alicyclic amines) is 1. The van der Waals surface area contributed by atoms with Crippen LogP contribution in [0.5, 0.6) is 0 Å². The fraction of sp³-hybridized carbons (Fsp3) is 0.625. The molecule has 0 atom stereocenters. The maximum absolute atomic E-state index is 12.5. The van der Waals surface area contributed by atoms with Crippen LogP contribution in [0.1, 0.15) is 23.5 Å². The molecular weight excluding hydrogens is 351 g/mol. The van der Waals surface area contributed by atoms with Crippen LogP contribution in [-0.2, 0) is 12.6 Å². The number of aliphatic imine (C=N–C) groups is 1. The van der Waals surface area contributed by atoms with E-state index in [9.17, 15) is 13.2 Å². The van der Waals surface area contributed by atoms with Crippen molar-refractivity contribution in [3.63, 3.8) is 0 Å². The van der Waals surface area contributed by atoms with Crippen molar-refractivity contribution in [1.29, 1.82) is 0 Å². The van der Waals surface area contributed by atoms with E-state index in [4.69, 9.17) is 0 Å². The quantitative estimate of drug-likeness (QED) is 0.456. The molecule has 9 heteroatoms. The summed E-state index contributed by atoms with van der Waals surface area (Å²) in [6.07, 6.45) is 0.0163. The molecule has 1 aromatic heterocycles. The van der Waals surface area contributed by atoms with Gasteiger partial charge in [0.05, 0.1) is 5.01 Å². The van der Waals surface area contributed by atoms with Gasteiger partial charge in [0, 0.05) is 51.1 Å². The van der Waals surface area contributed by atoms with Gasteiger partial charge in [-0.1, -0.05) is 6.08 Å². The lowest BCUT2D eigenvalue weighted by atomic mass is 10.1. The number of halogens is 3. The Labute approximate surface area is 150 Å². The van der Waals surface area contributed by atoms with Gasteiger partial charge >= 0.3 is 6.18 Å². The number of thiazole rings is 1. The maximum atomic E-state index is 12.5. The highest BCUT2D eigenvalue weighted by Gasteiger charge is 2.33. The monoisotopic (exact) mass is 375 g/mol. The Morgan fingerprint density at radius 3 is 2.76 bits per heavy atom. The molecule has 1 aliphatic heterocycles. The van der Waals surface area contributed by atoms with Crippen LogP contribution in [0.3, 0.4) is 0 Å². The van der Waals surface area contributed by atoms with Gasteiger partial charge in [-0.05, 0) is 12.8 Å². The van der Waals surface area contributed by atoms with Gasteiger partial charge in [-0.15, -0.1) is 17.9 Å². The minimum atomic E-state index is -4.37. The van der Waals surface area contributed by atoms with E-state index in [1.54, 1.807) is 7.05 Å². The summed E-state index contributed by atoms with van der Waals surface area (Å²) in [5.41, 5.74) is -0.818. The summed E-state index contributed by atoms with van der Waals surface area (Å²) in [4.78, 5) is 10.2. The van der Waals surface area contributed by atoms with Crippen LogP contribution >= 0.6 is 11.3 Å². The Balaban J connectivity index is 1.72. The Morgan fingerprint density at radius 2 is 2.20 bits per heavy atom. The first-order valence-corrected chi connectivity index (χ1v) is 9.12. The average molecular weight is 375 g/mol. The van der Waals surface area contributed by atoms with E-state index in [-0.39, 0.29) is 0 Å². The molecule has 140 valence electrons. The minimum absolute atomic E-state index is 0.351. The number of nitrogens with zero attached hydrogens (tertiary/aromatic N) is 3. The lowest BCUT2D eigenvalue weighted by Gasteiger charge is -2.32. The largest absolute Gasteiger partial charge is 0.434 e. The first kappa shape index (κ1) is 19.7. The minimum Gasteiger partial charge on any atom is -0.356 e. The van der Waals surface area contributed by atoms with Crippen LogP contribution in [0.25, 0.3) is 0 Å². The predicted molar refractivity (Wildman–Crippen MR) is 95.0 cm³/mol. The van der Waals surface area contributed by atoms with E-state index in [0.717, 1.165) is 49.2 Å². The van der Waals surface area contributed by atoms with Crippen LogP contribution in [0, 0.1) is 0 Å². The lowest BCUT2D eigenvalue weighted by Crippen LogP contribution is -2.49. The molecule has 5 nitrogen and oxygen atoms in total. The van der Waals surface area contributed by atoms with Crippen LogP contribution in [0.4, 0.5) is 13.2 Å². The third-order valence-corrected chi connectivity index (χ3v) is 4.92. The standard InChI is InChI=1S/C16H24F3N5S/c1-3-8-24-9-5-12(6-10-24)22-15(20-2)21-7-4-14-23-13(11-25-14)16(17,18)19/h3,11-12H,1,4-10H2,2H3,(H2,20,21,22). The molecule has 1 saturated heterocycles. The number of alkyl halides is 3. The second kappa shape index (κ2) is 9.19. The summed E-state index contributed by atoms with van der Waals surface area (Å²) >= 11 is 1.03. The molecule has 25 heavy (non-hydrogen) atoms. The van der Waals surface area contributed by atoms with E-state index < -0.39 is 11.9 Å². The normalized spacial score (nSPS) is 17.5. The van der Waals surface area contributed by atoms with Crippen molar-refractivity contribution < 1.29 is 13.2 Å². The SMILES string of the molecule is C=CCN1CCC(NC(=NC)NCCc2nc(C(F)(F)F)cs2)CC1. The molecule has 0 unspecified atom stereocenters. The number of rotatable bonds is 6. The van der Waals surface area contributed by atoms with Crippen molar-refractivity contribution in [3.8, 4) is 0 Å². The summed E-state index contributed by atoms with van der Waals surface area (Å²) in [6.45, 7) is 7.18. The number of aromatic nitrogens is 1. The Hall–Kier alpha value is -1.61. The van der Waals surface area contributed by atoms with Crippen LogP contribution < -0.4 is 10.6 Å². The maximum Gasteiger partial charge on any atom is 0.434 e. The smallest absolute Gasteiger partial charge is 0.356 e. The van der Waals surface area contributed by atoms with Gasteiger partial charge in [0.15, 0.2) is 11.7 Å². The molecule has 2 rings (SSSR count). The lowest BCUT2D eigenvalue weighted by molar-refractivity contribution is -0.140. The summed E-state index contributed by atoms with van der Waals surface area (Å²) in [7, 11) is 1.69. The molecule has 0 saturated carbocycles. The van der Waals surface area contributed by atoms with Crippen molar-refractivity contribution in [2.45, 2.75) is 31.5 Å². The number of nitrogens with one attached hydrogen (secondary N) is 2. The van der Waals surface area contributed by atoms with Gasteiger partial charge in [0.2, 0.25) is 0 Å². The van der Waals surface area contributed by atoms with Gasteiger partial charge < -0.3 is 10.6 Å². The Bertz CT molecular complexity index is 577. The second-order valence-electron chi connectivity index (χ2n) is 5.88. The summed E-state index contributed by atoms with van der Waals surface area (Å²) in [5.74, 6) is 0.676. The zero-order valence-corrected chi connectivity index (χ0v) is 15.1. The van der Waals surface area contributed by atoms with E-state index in [1.165, 1.54) is 0 Å². The van der Waals surface area contributed by atoms with Gasteiger partial charge in [0.25, 0.3) is 0 Å². The van der Waals surface area contributed by atoms with E-state index in [0.29, 0.717) is 30.0 Å². The zero-order valence-electron chi connectivity index (χ0n) is 14.3. The molecule has 0 bridgehead atoms. The average Bonchev–Trinajstić information content (AvgIpc) is 3.05. The van der Waals surface area contributed by atoms with Crippen molar-refractivity contribution >= 4 is 17.3 Å². The molecule has 2 heterocycles. The zero-order chi connectivity index (χ0) is 18.3. The molecular formula is C16H24F3N5S. The topological polar surface area (TPSA) is 52.5 Å². The van der Waals surface area contributed by atoms with Crippen molar-refractivity contribution in [2.24, 2.45) is 4.99 Å². The third kappa shape index (κ3) is 6.32.